The highest BCUT2D eigenvalue weighted by atomic mass is 35.5. The van der Waals surface area contributed by atoms with Crippen LogP contribution in [0.1, 0.15) is 31.7 Å². The summed E-state index contributed by atoms with van der Waals surface area (Å²) in [6, 6.07) is 7.03. The molecule has 1 saturated heterocycles. The van der Waals surface area contributed by atoms with E-state index < -0.39 is 39.3 Å². The quantitative estimate of drug-likeness (QED) is 0.778. The fraction of sp³-hybridized carbons (Fsp3) is 0.529. The van der Waals surface area contributed by atoms with Crippen LogP contribution in [0, 0.1) is 0 Å². The standard InChI is InChI=1S/C17H20ClNO5S/c1-16(8-9-25(22,23)11-16)19-14(20)10-24-15(21)17(6-7-17)12-2-4-13(18)5-3-12/h2-5H,6-11H2,1H3,(H,19,20)/t16-/m1/s1. The van der Waals surface area contributed by atoms with Gasteiger partial charge in [-0.25, -0.2) is 8.42 Å². The summed E-state index contributed by atoms with van der Waals surface area (Å²) in [4.78, 5) is 24.5. The number of esters is 1. The number of nitrogens with one attached hydrogen (secondary N) is 1. The maximum Gasteiger partial charge on any atom is 0.317 e. The third-order valence-corrected chi connectivity index (χ3v) is 6.97. The number of benzene rings is 1. The van der Waals surface area contributed by atoms with Gasteiger partial charge in [0.1, 0.15) is 0 Å². The number of sulfone groups is 1. The molecule has 0 spiro atoms. The Morgan fingerprint density at radius 1 is 1.20 bits per heavy atom. The number of hydrogen-bond acceptors (Lipinski definition) is 5. The Kier molecular flexibility index (Phi) is 4.58. The SMILES string of the molecule is C[C@@]1(NC(=O)COC(=O)C2(c3ccc(Cl)cc3)CC2)CCS(=O)(=O)C1. The number of hydrogen-bond donors (Lipinski definition) is 1. The summed E-state index contributed by atoms with van der Waals surface area (Å²) >= 11 is 5.87. The highest BCUT2D eigenvalue weighted by molar-refractivity contribution is 7.91. The molecule has 3 rings (SSSR count). The molecule has 0 aromatic heterocycles. The highest BCUT2D eigenvalue weighted by Crippen LogP contribution is 2.49. The van der Waals surface area contributed by atoms with Crippen LogP contribution in [-0.4, -0.2) is 43.9 Å². The van der Waals surface area contributed by atoms with Gasteiger partial charge in [0.15, 0.2) is 16.4 Å². The number of carbonyl (C=O) groups is 2. The van der Waals surface area contributed by atoms with E-state index in [0.717, 1.165) is 5.56 Å². The Balaban J connectivity index is 1.56. The fourth-order valence-electron chi connectivity index (χ4n) is 3.26. The lowest BCUT2D eigenvalue weighted by atomic mass is 9.96. The van der Waals surface area contributed by atoms with Gasteiger partial charge in [0.05, 0.1) is 22.5 Å². The second kappa shape index (κ2) is 6.29. The number of ether oxygens (including phenoxy) is 1. The second-order valence-corrected chi connectivity index (χ2v) is 9.74. The van der Waals surface area contributed by atoms with E-state index in [1.807, 2.05) is 0 Å². The van der Waals surface area contributed by atoms with E-state index in [-0.39, 0.29) is 11.5 Å². The second-order valence-electron chi connectivity index (χ2n) is 7.12. The summed E-state index contributed by atoms with van der Waals surface area (Å²) in [7, 11) is -3.12. The van der Waals surface area contributed by atoms with Crippen molar-refractivity contribution in [3.05, 3.63) is 34.9 Å². The van der Waals surface area contributed by atoms with Gasteiger partial charge in [-0.1, -0.05) is 23.7 Å². The van der Waals surface area contributed by atoms with Crippen LogP contribution in [0.25, 0.3) is 0 Å². The Labute approximate surface area is 151 Å². The summed E-state index contributed by atoms with van der Waals surface area (Å²) in [6.45, 7) is 1.27. The van der Waals surface area contributed by atoms with E-state index in [1.54, 1.807) is 31.2 Å². The van der Waals surface area contributed by atoms with Gasteiger partial charge in [-0.2, -0.15) is 0 Å². The molecule has 8 heteroatoms. The summed E-state index contributed by atoms with van der Waals surface area (Å²) in [5.41, 5.74) is -0.655. The zero-order valence-corrected chi connectivity index (χ0v) is 15.5. The van der Waals surface area contributed by atoms with E-state index in [4.69, 9.17) is 16.3 Å². The van der Waals surface area contributed by atoms with Crippen molar-refractivity contribution in [1.29, 1.82) is 0 Å². The molecule has 0 bridgehead atoms. The van der Waals surface area contributed by atoms with Crippen LogP contribution in [0.5, 0.6) is 0 Å². The van der Waals surface area contributed by atoms with Crippen LogP contribution < -0.4 is 5.32 Å². The van der Waals surface area contributed by atoms with Crippen LogP contribution in [0.2, 0.25) is 5.02 Å². The molecular formula is C17H20ClNO5S. The molecule has 25 heavy (non-hydrogen) atoms. The Morgan fingerprint density at radius 3 is 2.36 bits per heavy atom. The molecule has 2 fully saturated rings. The van der Waals surface area contributed by atoms with Crippen molar-refractivity contribution in [2.75, 3.05) is 18.1 Å². The van der Waals surface area contributed by atoms with Crippen LogP contribution in [-0.2, 0) is 29.6 Å². The van der Waals surface area contributed by atoms with Gasteiger partial charge in [0, 0.05) is 5.02 Å². The van der Waals surface area contributed by atoms with Crippen molar-refractivity contribution in [3.63, 3.8) is 0 Å². The molecule has 1 aliphatic heterocycles. The van der Waals surface area contributed by atoms with Gasteiger partial charge in [-0.15, -0.1) is 0 Å². The van der Waals surface area contributed by atoms with E-state index >= 15 is 0 Å². The molecule has 6 nitrogen and oxygen atoms in total. The maximum absolute atomic E-state index is 12.4. The summed E-state index contributed by atoms with van der Waals surface area (Å²) < 4.78 is 28.3. The van der Waals surface area contributed by atoms with Gasteiger partial charge in [0.25, 0.3) is 5.91 Å². The van der Waals surface area contributed by atoms with E-state index in [2.05, 4.69) is 5.32 Å². The summed E-state index contributed by atoms with van der Waals surface area (Å²) in [6.07, 6.45) is 1.71. The first-order chi connectivity index (χ1) is 11.6. The van der Waals surface area contributed by atoms with E-state index in [1.165, 1.54) is 0 Å². The lowest BCUT2D eigenvalue weighted by molar-refractivity contribution is -0.151. The largest absolute Gasteiger partial charge is 0.455 e. The van der Waals surface area contributed by atoms with Crippen molar-refractivity contribution in [2.24, 2.45) is 0 Å². The first-order valence-corrected chi connectivity index (χ1v) is 10.3. The number of rotatable bonds is 5. The topological polar surface area (TPSA) is 89.5 Å². The molecular weight excluding hydrogens is 366 g/mol. The Hall–Kier alpha value is -1.60. The predicted molar refractivity (Wildman–Crippen MR) is 93.1 cm³/mol. The average molecular weight is 386 g/mol. The van der Waals surface area contributed by atoms with Crippen molar-refractivity contribution < 1.29 is 22.7 Å². The van der Waals surface area contributed by atoms with Crippen molar-refractivity contribution in [1.82, 2.24) is 5.32 Å². The van der Waals surface area contributed by atoms with Gasteiger partial charge < -0.3 is 10.1 Å². The molecule has 1 aliphatic carbocycles. The molecule has 1 saturated carbocycles. The third kappa shape index (κ3) is 3.98. The lowest BCUT2D eigenvalue weighted by Crippen LogP contribution is -2.48. The maximum atomic E-state index is 12.4. The predicted octanol–water partition coefficient (Wildman–Crippen LogP) is 1.61. The van der Waals surface area contributed by atoms with Crippen molar-refractivity contribution >= 4 is 33.3 Å². The number of halogens is 1. The minimum Gasteiger partial charge on any atom is -0.455 e. The van der Waals surface area contributed by atoms with Gasteiger partial charge in [-0.3, -0.25) is 9.59 Å². The molecule has 1 aromatic carbocycles. The van der Waals surface area contributed by atoms with Gasteiger partial charge in [-0.05, 0) is 43.9 Å². The molecule has 1 N–H and O–H groups in total. The number of carbonyl (C=O) groups excluding carboxylic acids is 2. The van der Waals surface area contributed by atoms with Crippen LogP contribution >= 0.6 is 11.6 Å². The minimum atomic E-state index is -3.12. The van der Waals surface area contributed by atoms with Crippen LogP contribution in [0.15, 0.2) is 24.3 Å². The summed E-state index contributed by atoms with van der Waals surface area (Å²) in [5.74, 6) is -0.952. The van der Waals surface area contributed by atoms with E-state index in [9.17, 15) is 18.0 Å². The molecule has 1 heterocycles. The highest BCUT2D eigenvalue weighted by Gasteiger charge is 2.53. The smallest absolute Gasteiger partial charge is 0.317 e. The zero-order valence-electron chi connectivity index (χ0n) is 13.9. The minimum absolute atomic E-state index is 0.0588. The van der Waals surface area contributed by atoms with Crippen molar-refractivity contribution in [2.45, 2.75) is 37.1 Å². The fourth-order valence-corrected chi connectivity index (χ4v) is 5.47. The van der Waals surface area contributed by atoms with Gasteiger partial charge in [0.2, 0.25) is 0 Å². The molecule has 0 unspecified atom stereocenters. The molecule has 1 amide bonds. The summed E-state index contributed by atoms with van der Waals surface area (Å²) in [5, 5.41) is 3.26. The first kappa shape index (κ1) is 18.2. The van der Waals surface area contributed by atoms with Crippen molar-refractivity contribution in [3.8, 4) is 0 Å². The van der Waals surface area contributed by atoms with E-state index in [0.29, 0.717) is 24.3 Å². The zero-order chi connectivity index (χ0) is 18.3. The molecule has 1 aromatic rings. The molecule has 1 atom stereocenters. The normalized spacial score (nSPS) is 26.0. The Bertz CT molecular complexity index is 801. The molecule has 2 aliphatic rings. The average Bonchev–Trinajstić information content (AvgIpc) is 3.28. The van der Waals surface area contributed by atoms with Gasteiger partial charge >= 0.3 is 5.97 Å². The molecule has 0 radical (unpaired) electrons. The monoisotopic (exact) mass is 385 g/mol. The third-order valence-electron chi connectivity index (χ3n) is 4.82. The lowest BCUT2D eigenvalue weighted by Gasteiger charge is -2.24. The first-order valence-electron chi connectivity index (χ1n) is 8.09. The molecule has 136 valence electrons. The Morgan fingerprint density at radius 2 is 1.84 bits per heavy atom. The number of amides is 1. The van der Waals surface area contributed by atoms with Crippen LogP contribution in [0.4, 0.5) is 0 Å². The van der Waals surface area contributed by atoms with Crippen LogP contribution in [0.3, 0.4) is 0 Å².